The van der Waals surface area contributed by atoms with E-state index in [1.54, 1.807) is 48.6 Å². The van der Waals surface area contributed by atoms with Crippen molar-refractivity contribution in [2.45, 2.75) is 12.8 Å². The highest BCUT2D eigenvalue weighted by atomic mass is 32.2. The molecule has 0 bridgehead atoms. The fourth-order valence-electron chi connectivity index (χ4n) is 2.61. The Balaban J connectivity index is 2.02. The average Bonchev–Trinajstić information content (AvgIpc) is 2.66. The first-order valence-electron chi connectivity index (χ1n) is 8.42. The molecule has 1 aromatic carbocycles. The summed E-state index contributed by atoms with van der Waals surface area (Å²) in [5.74, 6) is -0.160. The number of carbonyl (C=O) groups is 1. The zero-order valence-electron chi connectivity index (χ0n) is 15.4. The van der Waals surface area contributed by atoms with Gasteiger partial charge in [0.05, 0.1) is 17.5 Å². The molecule has 0 aliphatic rings. The van der Waals surface area contributed by atoms with Crippen molar-refractivity contribution < 1.29 is 13.2 Å². The smallest absolute Gasteiger partial charge is 0.232 e. The predicted octanol–water partition coefficient (Wildman–Crippen LogP) is 1.81. The minimum Gasteiger partial charge on any atom is -0.345 e. The minimum atomic E-state index is -3.62. The molecule has 0 saturated carbocycles. The molecule has 0 N–H and O–H groups in total. The van der Waals surface area contributed by atoms with Gasteiger partial charge in [0.25, 0.3) is 0 Å². The average molecular weight is 386 g/mol. The van der Waals surface area contributed by atoms with Crippen LogP contribution in [0.1, 0.15) is 17.5 Å². The number of hydrogen-bond acceptors (Lipinski definition) is 5. The van der Waals surface area contributed by atoms with Crippen LogP contribution in [0.5, 0.6) is 0 Å². The van der Waals surface area contributed by atoms with Crippen LogP contribution in [0.25, 0.3) is 0 Å². The largest absolute Gasteiger partial charge is 0.345 e. The van der Waals surface area contributed by atoms with E-state index in [1.165, 1.54) is 0 Å². The number of carbonyl (C=O) groups excluding carboxylic acids is 1. The Morgan fingerprint density at radius 3 is 2.44 bits per heavy atom. The molecule has 8 heteroatoms. The number of benzene rings is 1. The number of aromatic nitrogens is 1. The second-order valence-electron chi connectivity index (χ2n) is 6.13. The van der Waals surface area contributed by atoms with Crippen LogP contribution in [-0.4, -0.2) is 50.6 Å². The number of likely N-dealkylation sites (N-methyl/N-ethyl adjacent to an activating group) is 1. The maximum absolute atomic E-state index is 12.4. The molecule has 0 fully saturated rings. The fraction of sp³-hybridized carbons (Fsp3) is 0.316. The molecule has 0 spiro atoms. The molecule has 0 radical (unpaired) electrons. The van der Waals surface area contributed by atoms with Crippen LogP contribution in [0, 0.1) is 11.3 Å². The van der Waals surface area contributed by atoms with Crippen molar-refractivity contribution in [1.29, 1.82) is 5.26 Å². The number of hydrogen-bond donors (Lipinski definition) is 0. The SMILES string of the molecule is CN(CCc1ccncc1)C(=O)CCN(c1ccccc1C#N)S(C)(=O)=O. The minimum absolute atomic E-state index is 0.0179. The summed E-state index contributed by atoms with van der Waals surface area (Å²) in [6.07, 6.45) is 5.19. The molecule has 1 aromatic heterocycles. The fourth-order valence-corrected chi connectivity index (χ4v) is 3.55. The van der Waals surface area contributed by atoms with E-state index >= 15 is 0 Å². The Morgan fingerprint density at radius 1 is 1.15 bits per heavy atom. The van der Waals surface area contributed by atoms with Crippen molar-refractivity contribution in [3.8, 4) is 6.07 Å². The highest BCUT2D eigenvalue weighted by molar-refractivity contribution is 7.92. The second-order valence-corrected chi connectivity index (χ2v) is 8.04. The van der Waals surface area contributed by atoms with Gasteiger partial charge in [-0.15, -0.1) is 0 Å². The van der Waals surface area contributed by atoms with Gasteiger partial charge in [-0.25, -0.2) is 8.42 Å². The molecule has 2 rings (SSSR count). The quantitative estimate of drug-likeness (QED) is 0.690. The third kappa shape index (κ3) is 5.79. The maximum Gasteiger partial charge on any atom is 0.232 e. The summed E-state index contributed by atoms with van der Waals surface area (Å²) < 4.78 is 25.5. The molecular weight excluding hydrogens is 364 g/mol. The molecule has 142 valence electrons. The number of nitrogens with zero attached hydrogens (tertiary/aromatic N) is 4. The van der Waals surface area contributed by atoms with E-state index in [0.29, 0.717) is 13.0 Å². The number of nitriles is 1. The van der Waals surface area contributed by atoms with Crippen LogP contribution in [0.3, 0.4) is 0 Å². The van der Waals surface area contributed by atoms with Gasteiger partial charge in [0.2, 0.25) is 15.9 Å². The standard InChI is InChI=1S/C19H22N4O3S/c1-22(13-9-16-7-11-21-12-8-16)19(24)10-14-23(27(2,25)26)18-6-4-3-5-17(18)15-20/h3-8,11-12H,9-10,13-14H2,1-2H3. The summed E-state index contributed by atoms with van der Waals surface area (Å²) in [4.78, 5) is 17.9. The molecular formula is C19H22N4O3S. The van der Waals surface area contributed by atoms with Crippen molar-refractivity contribution in [1.82, 2.24) is 9.88 Å². The lowest BCUT2D eigenvalue weighted by Crippen LogP contribution is -2.36. The Bertz CT molecular complexity index is 923. The number of rotatable bonds is 8. The molecule has 0 unspecified atom stereocenters. The summed E-state index contributed by atoms with van der Waals surface area (Å²) >= 11 is 0. The Kier molecular flexibility index (Phi) is 6.91. The molecule has 2 aromatic rings. The molecule has 0 atom stereocenters. The predicted molar refractivity (Wildman–Crippen MR) is 104 cm³/mol. The summed E-state index contributed by atoms with van der Waals surface area (Å²) in [7, 11) is -1.93. The van der Waals surface area contributed by atoms with Gasteiger partial charge in [-0.2, -0.15) is 5.26 Å². The van der Waals surface area contributed by atoms with Crippen LogP contribution in [-0.2, 0) is 21.2 Å². The van der Waals surface area contributed by atoms with Crippen LogP contribution >= 0.6 is 0 Å². The van der Waals surface area contributed by atoms with Crippen molar-refractivity contribution in [2.75, 3.05) is 30.7 Å². The zero-order valence-corrected chi connectivity index (χ0v) is 16.2. The van der Waals surface area contributed by atoms with Gasteiger partial charge in [0.1, 0.15) is 6.07 Å². The molecule has 7 nitrogen and oxygen atoms in total. The van der Waals surface area contributed by atoms with E-state index in [-0.39, 0.29) is 30.1 Å². The van der Waals surface area contributed by atoms with E-state index in [4.69, 9.17) is 0 Å². The molecule has 0 saturated heterocycles. The number of amides is 1. The van der Waals surface area contributed by atoms with Gasteiger partial charge < -0.3 is 4.90 Å². The molecule has 1 amide bonds. The lowest BCUT2D eigenvalue weighted by atomic mass is 10.2. The third-order valence-electron chi connectivity index (χ3n) is 4.13. The molecule has 27 heavy (non-hydrogen) atoms. The highest BCUT2D eigenvalue weighted by Gasteiger charge is 2.22. The summed E-state index contributed by atoms with van der Waals surface area (Å²) in [5, 5.41) is 9.23. The normalized spacial score (nSPS) is 10.9. The van der Waals surface area contributed by atoms with Crippen LogP contribution in [0.4, 0.5) is 5.69 Å². The lowest BCUT2D eigenvalue weighted by molar-refractivity contribution is -0.129. The van der Waals surface area contributed by atoms with Gasteiger partial charge in [0.15, 0.2) is 0 Å². The topological polar surface area (TPSA) is 94.4 Å². The van der Waals surface area contributed by atoms with Gasteiger partial charge in [-0.3, -0.25) is 14.1 Å². The summed E-state index contributed by atoms with van der Waals surface area (Å²) in [5.41, 5.74) is 1.61. The Labute approximate surface area is 159 Å². The third-order valence-corrected chi connectivity index (χ3v) is 5.31. The first-order chi connectivity index (χ1) is 12.8. The number of pyridine rings is 1. The van der Waals surface area contributed by atoms with Crippen molar-refractivity contribution in [3.63, 3.8) is 0 Å². The molecule has 0 aliphatic heterocycles. The van der Waals surface area contributed by atoms with Gasteiger partial charge in [-0.1, -0.05) is 12.1 Å². The van der Waals surface area contributed by atoms with E-state index < -0.39 is 10.0 Å². The van der Waals surface area contributed by atoms with Crippen molar-refractivity contribution in [2.24, 2.45) is 0 Å². The first-order valence-corrected chi connectivity index (χ1v) is 10.3. The molecule has 1 heterocycles. The highest BCUT2D eigenvalue weighted by Crippen LogP contribution is 2.22. The lowest BCUT2D eigenvalue weighted by Gasteiger charge is -2.24. The van der Waals surface area contributed by atoms with Crippen LogP contribution in [0.2, 0.25) is 0 Å². The summed E-state index contributed by atoms with van der Waals surface area (Å²) in [6, 6.07) is 12.2. The van der Waals surface area contributed by atoms with Crippen LogP contribution < -0.4 is 4.31 Å². The van der Waals surface area contributed by atoms with Gasteiger partial charge >= 0.3 is 0 Å². The van der Waals surface area contributed by atoms with E-state index in [2.05, 4.69) is 4.98 Å². The number of sulfonamides is 1. The second kappa shape index (κ2) is 9.14. The van der Waals surface area contributed by atoms with Gasteiger partial charge in [0, 0.05) is 39.0 Å². The first kappa shape index (κ1) is 20.4. The molecule has 0 aliphatic carbocycles. The van der Waals surface area contributed by atoms with E-state index in [0.717, 1.165) is 16.1 Å². The van der Waals surface area contributed by atoms with Crippen molar-refractivity contribution in [3.05, 3.63) is 59.9 Å². The van der Waals surface area contributed by atoms with Gasteiger partial charge in [-0.05, 0) is 36.2 Å². The van der Waals surface area contributed by atoms with E-state index in [9.17, 15) is 18.5 Å². The maximum atomic E-state index is 12.4. The Hall–Kier alpha value is -2.92. The van der Waals surface area contributed by atoms with Crippen LogP contribution in [0.15, 0.2) is 48.8 Å². The van der Waals surface area contributed by atoms with Crippen molar-refractivity contribution >= 4 is 21.6 Å². The zero-order chi connectivity index (χ0) is 19.9. The van der Waals surface area contributed by atoms with E-state index in [1.807, 2.05) is 18.2 Å². The monoisotopic (exact) mass is 386 g/mol. The summed E-state index contributed by atoms with van der Waals surface area (Å²) in [6.45, 7) is 0.506. The number of anilines is 1. The number of para-hydroxylation sites is 1. The Morgan fingerprint density at radius 2 is 1.81 bits per heavy atom.